The maximum atomic E-state index is 10.9. The first-order valence-corrected chi connectivity index (χ1v) is 7.32. The fourth-order valence-corrected chi connectivity index (χ4v) is 1.85. The summed E-state index contributed by atoms with van der Waals surface area (Å²) in [5.74, 6) is 0.184. The van der Waals surface area contributed by atoms with Gasteiger partial charge in [-0.3, -0.25) is 0 Å². The van der Waals surface area contributed by atoms with Crippen LogP contribution in [0.3, 0.4) is 0 Å². The normalized spacial score (nSPS) is 13.1. The zero-order valence-corrected chi connectivity index (χ0v) is 10.7. The third-order valence-corrected chi connectivity index (χ3v) is 3.21. The first-order chi connectivity index (χ1) is 6.77. The van der Waals surface area contributed by atoms with Crippen molar-refractivity contribution in [2.75, 3.05) is 31.7 Å². The van der Waals surface area contributed by atoms with Crippen molar-refractivity contribution in [3.05, 3.63) is 0 Å². The van der Waals surface area contributed by atoms with E-state index < -0.39 is 9.84 Å². The van der Waals surface area contributed by atoms with Crippen molar-refractivity contribution in [1.82, 2.24) is 5.32 Å². The molecule has 0 unspecified atom stereocenters. The van der Waals surface area contributed by atoms with Crippen LogP contribution in [0.1, 0.15) is 26.7 Å². The molecule has 0 aromatic carbocycles. The van der Waals surface area contributed by atoms with E-state index >= 15 is 0 Å². The van der Waals surface area contributed by atoms with Gasteiger partial charge in [-0.1, -0.05) is 13.8 Å². The Balaban J connectivity index is 3.66. The van der Waals surface area contributed by atoms with E-state index in [0.29, 0.717) is 6.54 Å². The molecule has 0 amide bonds. The van der Waals surface area contributed by atoms with E-state index in [2.05, 4.69) is 19.2 Å². The SMILES string of the molecule is CC(C)(CCCO)CNCCS(C)(=O)=O. The molecule has 0 aliphatic rings. The zero-order valence-electron chi connectivity index (χ0n) is 9.91. The number of aliphatic hydroxyl groups is 1. The maximum Gasteiger partial charge on any atom is 0.148 e. The average molecular weight is 237 g/mol. The van der Waals surface area contributed by atoms with Gasteiger partial charge in [0.15, 0.2) is 0 Å². The van der Waals surface area contributed by atoms with Crippen molar-refractivity contribution >= 4 is 9.84 Å². The molecule has 0 aliphatic carbocycles. The summed E-state index contributed by atoms with van der Waals surface area (Å²) in [6.07, 6.45) is 2.97. The minimum Gasteiger partial charge on any atom is -0.396 e. The summed E-state index contributed by atoms with van der Waals surface area (Å²) >= 11 is 0. The van der Waals surface area contributed by atoms with Crippen LogP contribution >= 0.6 is 0 Å². The summed E-state index contributed by atoms with van der Waals surface area (Å²) in [6, 6.07) is 0. The summed E-state index contributed by atoms with van der Waals surface area (Å²) in [6.45, 7) is 5.71. The highest BCUT2D eigenvalue weighted by Crippen LogP contribution is 2.20. The summed E-state index contributed by atoms with van der Waals surface area (Å²) in [4.78, 5) is 0. The topological polar surface area (TPSA) is 66.4 Å². The predicted octanol–water partition coefficient (Wildman–Crippen LogP) is 0.419. The van der Waals surface area contributed by atoms with E-state index in [-0.39, 0.29) is 17.8 Å². The molecule has 0 radical (unpaired) electrons. The quantitative estimate of drug-likeness (QED) is 0.600. The average Bonchev–Trinajstić information content (AvgIpc) is 2.08. The fraction of sp³-hybridized carbons (Fsp3) is 1.00. The van der Waals surface area contributed by atoms with Crippen molar-refractivity contribution in [2.24, 2.45) is 5.41 Å². The van der Waals surface area contributed by atoms with Gasteiger partial charge >= 0.3 is 0 Å². The molecular weight excluding hydrogens is 214 g/mol. The second-order valence-electron chi connectivity index (χ2n) is 4.80. The standard InChI is InChI=1S/C10H23NO3S/c1-10(2,5-4-7-12)9-11-6-8-15(3,13)14/h11-12H,4-9H2,1-3H3. The highest BCUT2D eigenvalue weighted by Gasteiger charge is 2.16. The van der Waals surface area contributed by atoms with Crippen molar-refractivity contribution in [2.45, 2.75) is 26.7 Å². The molecule has 4 nitrogen and oxygen atoms in total. The molecule has 0 aliphatic heterocycles. The highest BCUT2D eigenvalue weighted by atomic mass is 32.2. The van der Waals surface area contributed by atoms with Crippen LogP contribution in [-0.2, 0) is 9.84 Å². The van der Waals surface area contributed by atoms with Gasteiger partial charge in [-0.2, -0.15) is 0 Å². The first-order valence-electron chi connectivity index (χ1n) is 5.26. The molecule has 0 heterocycles. The molecule has 0 bridgehead atoms. The minimum atomic E-state index is -2.86. The Labute approximate surface area is 93.0 Å². The van der Waals surface area contributed by atoms with E-state index in [1.165, 1.54) is 6.26 Å². The second kappa shape index (κ2) is 6.45. The Morgan fingerprint density at radius 1 is 1.33 bits per heavy atom. The molecule has 92 valence electrons. The lowest BCUT2D eigenvalue weighted by Crippen LogP contribution is -2.32. The molecule has 0 atom stereocenters. The second-order valence-corrected chi connectivity index (χ2v) is 7.06. The van der Waals surface area contributed by atoms with Crippen molar-refractivity contribution in [1.29, 1.82) is 0 Å². The van der Waals surface area contributed by atoms with Crippen LogP contribution in [0.2, 0.25) is 0 Å². The molecule has 5 heteroatoms. The molecule has 0 fully saturated rings. The summed E-state index contributed by atoms with van der Waals surface area (Å²) in [7, 11) is -2.86. The summed E-state index contributed by atoms with van der Waals surface area (Å²) < 4.78 is 21.7. The lowest BCUT2D eigenvalue weighted by atomic mass is 9.88. The molecule has 0 saturated heterocycles. The van der Waals surface area contributed by atoms with Crippen molar-refractivity contribution in [3.8, 4) is 0 Å². The van der Waals surface area contributed by atoms with Gasteiger partial charge in [-0.15, -0.1) is 0 Å². The zero-order chi connectivity index (χ0) is 11.9. The van der Waals surface area contributed by atoms with Crippen molar-refractivity contribution in [3.63, 3.8) is 0 Å². The third-order valence-electron chi connectivity index (χ3n) is 2.26. The van der Waals surface area contributed by atoms with E-state index in [1.54, 1.807) is 0 Å². The van der Waals surface area contributed by atoms with Gasteiger partial charge in [-0.25, -0.2) is 8.42 Å². The van der Waals surface area contributed by atoms with Crippen LogP contribution in [0, 0.1) is 5.41 Å². The molecule has 2 N–H and O–H groups in total. The molecule has 0 spiro atoms. The summed E-state index contributed by atoms with van der Waals surface area (Å²) in [5, 5.41) is 11.8. The van der Waals surface area contributed by atoms with Crippen LogP contribution in [0.4, 0.5) is 0 Å². The van der Waals surface area contributed by atoms with Gasteiger partial charge in [-0.05, 0) is 18.3 Å². The Hall–Kier alpha value is -0.130. The van der Waals surface area contributed by atoms with E-state index in [9.17, 15) is 8.42 Å². The fourth-order valence-electron chi connectivity index (χ4n) is 1.33. The van der Waals surface area contributed by atoms with Gasteiger partial charge in [0.1, 0.15) is 9.84 Å². The van der Waals surface area contributed by atoms with E-state index in [1.807, 2.05) is 0 Å². The maximum absolute atomic E-state index is 10.9. The van der Waals surface area contributed by atoms with E-state index in [4.69, 9.17) is 5.11 Å². The van der Waals surface area contributed by atoms with E-state index in [0.717, 1.165) is 19.4 Å². The van der Waals surface area contributed by atoms with Crippen LogP contribution in [-0.4, -0.2) is 45.2 Å². The number of sulfone groups is 1. The Kier molecular flexibility index (Phi) is 6.40. The van der Waals surface area contributed by atoms with Crippen LogP contribution in [0.25, 0.3) is 0 Å². The smallest absolute Gasteiger partial charge is 0.148 e. The predicted molar refractivity (Wildman–Crippen MR) is 62.7 cm³/mol. The van der Waals surface area contributed by atoms with Gasteiger partial charge in [0, 0.05) is 26.0 Å². The van der Waals surface area contributed by atoms with Gasteiger partial charge in [0.2, 0.25) is 0 Å². The van der Waals surface area contributed by atoms with Crippen LogP contribution < -0.4 is 5.32 Å². The monoisotopic (exact) mass is 237 g/mol. The number of rotatable bonds is 8. The molecule has 0 saturated carbocycles. The van der Waals surface area contributed by atoms with Crippen LogP contribution in [0.15, 0.2) is 0 Å². The van der Waals surface area contributed by atoms with Crippen molar-refractivity contribution < 1.29 is 13.5 Å². The number of hydrogen-bond donors (Lipinski definition) is 2. The lowest BCUT2D eigenvalue weighted by molar-refractivity contribution is 0.237. The molecular formula is C10H23NO3S. The highest BCUT2D eigenvalue weighted by molar-refractivity contribution is 7.90. The molecule has 0 rings (SSSR count). The first kappa shape index (κ1) is 14.9. The number of aliphatic hydroxyl groups excluding tert-OH is 1. The Morgan fingerprint density at radius 2 is 1.93 bits per heavy atom. The third kappa shape index (κ3) is 10.2. The number of hydrogen-bond acceptors (Lipinski definition) is 4. The lowest BCUT2D eigenvalue weighted by Gasteiger charge is -2.24. The molecule has 15 heavy (non-hydrogen) atoms. The molecule has 0 aromatic heterocycles. The Morgan fingerprint density at radius 3 is 2.40 bits per heavy atom. The summed E-state index contributed by atoms with van der Waals surface area (Å²) in [5.41, 5.74) is 0.111. The Bertz CT molecular complexity index is 260. The molecule has 0 aromatic rings. The minimum absolute atomic E-state index is 0.111. The van der Waals surface area contributed by atoms with Crippen LogP contribution in [0.5, 0.6) is 0 Å². The number of nitrogens with one attached hydrogen (secondary N) is 1. The van der Waals surface area contributed by atoms with Gasteiger partial charge < -0.3 is 10.4 Å². The largest absolute Gasteiger partial charge is 0.396 e. The van der Waals surface area contributed by atoms with Gasteiger partial charge in [0.25, 0.3) is 0 Å². The van der Waals surface area contributed by atoms with Gasteiger partial charge in [0.05, 0.1) is 5.75 Å².